The molecule has 1 aliphatic heterocycles. The maximum atomic E-state index is 15.8. The van der Waals surface area contributed by atoms with Crippen molar-refractivity contribution in [2.75, 3.05) is 12.4 Å². The third-order valence-corrected chi connectivity index (χ3v) is 17.9. The van der Waals surface area contributed by atoms with Crippen LogP contribution in [-0.2, 0) is 40.8 Å². The first kappa shape index (κ1) is 58.2. The highest BCUT2D eigenvalue weighted by Crippen LogP contribution is 2.41. The predicted octanol–water partition coefficient (Wildman–Crippen LogP) is 12.5. The number of carbonyl (C=O) groups is 2. The third kappa shape index (κ3) is 12.6. The number of nitrogens with one attached hydrogen (secondary N) is 1. The zero-order valence-electron chi connectivity index (χ0n) is 44.0. The maximum absolute atomic E-state index is 15.8. The van der Waals surface area contributed by atoms with E-state index in [1.807, 2.05) is 30.3 Å². The standard InChI is InChI=1S/C60H61F4NO9S3/c1-10-15-39(60(67)68)32-52(66)73-26-27-75-58-54(61)56(63)59(57(64)55(58)62)77(71,72)65-76(69,70)51-21-12-11-16-46(51)53-44-24-22-37(28-47-40(33(2)3)17-13-18-41(47)34(4)5)30-49(44)74-50-31-38(23-25-45(50)53)29-48-42(35(6)7)19-14-20-43(48)36(8)9/h10-14,16-25,28,30-31,33-36,39,65H,1,15,26-27,29,32H2,2-9H3,(H,67,68)/b37-28+. The van der Waals surface area contributed by atoms with Crippen molar-refractivity contribution >= 4 is 55.4 Å². The van der Waals surface area contributed by atoms with E-state index in [1.54, 1.807) is 12.1 Å². The Kier molecular flexibility index (Phi) is 18.1. The van der Waals surface area contributed by atoms with Crippen molar-refractivity contribution in [1.82, 2.24) is 4.13 Å². The molecule has 0 aromatic heterocycles. The van der Waals surface area contributed by atoms with Crippen molar-refractivity contribution in [1.29, 1.82) is 0 Å². The van der Waals surface area contributed by atoms with Crippen LogP contribution in [0.15, 0.2) is 124 Å². The highest BCUT2D eigenvalue weighted by Gasteiger charge is 2.38. The number of hydrogen-bond acceptors (Lipinski definition) is 9. The van der Waals surface area contributed by atoms with Gasteiger partial charge in [-0.2, -0.15) is 0 Å². The minimum absolute atomic E-state index is 0.0325. The number of halogens is 4. The van der Waals surface area contributed by atoms with Gasteiger partial charge in [0, 0.05) is 27.7 Å². The van der Waals surface area contributed by atoms with Gasteiger partial charge < -0.3 is 14.6 Å². The Bertz CT molecular complexity index is 3570. The summed E-state index contributed by atoms with van der Waals surface area (Å²) in [7, 11) is -11.4. The molecule has 6 aromatic carbocycles. The molecule has 0 saturated heterocycles. The second kappa shape index (κ2) is 24.0. The fraction of sp³-hybridized carbons (Fsp3) is 0.300. The number of benzene rings is 6. The molecule has 7 rings (SSSR count). The molecule has 406 valence electrons. The van der Waals surface area contributed by atoms with Crippen molar-refractivity contribution in [3.63, 3.8) is 0 Å². The number of allylic oxidation sites excluding steroid dienone is 1. The first-order chi connectivity index (χ1) is 36.4. The first-order valence-corrected chi connectivity index (χ1v) is 29.1. The number of carboxylic acid groups (broad SMARTS) is 1. The largest absolute Gasteiger partial charge is 0.481 e. The van der Waals surface area contributed by atoms with E-state index in [0.29, 0.717) is 34.3 Å². The number of thioether (sulfide) groups is 1. The lowest BCUT2D eigenvalue weighted by atomic mass is 9.85. The van der Waals surface area contributed by atoms with Gasteiger partial charge in [0.15, 0.2) is 28.2 Å². The number of aliphatic carboxylic acids is 1. The van der Waals surface area contributed by atoms with E-state index in [-0.39, 0.29) is 47.4 Å². The van der Waals surface area contributed by atoms with Crippen molar-refractivity contribution in [2.45, 2.75) is 113 Å². The molecule has 1 atom stereocenters. The molecule has 77 heavy (non-hydrogen) atoms. The molecule has 0 aliphatic carbocycles. The summed E-state index contributed by atoms with van der Waals surface area (Å²) in [5.41, 5.74) is 8.54. The van der Waals surface area contributed by atoms with Gasteiger partial charge in [0.25, 0.3) is 20.0 Å². The lowest BCUT2D eigenvalue weighted by Crippen LogP contribution is -2.33. The minimum atomic E-state index is -5.97. The number of carboxylic acids is 1. The molecule has 0 amide bonds. The molecule has 0 spiro atoms. The topological polar surface area (TPSA) is 153 Å². The Morgan fingerprint density at radius 2 is 1.29 bits per heavy atom. The summed E-state index contributed by atoms with van der Waals surface area (Å²) in [4.78, 5) is 19.4. The Hall–Kier alpha value is -6.53. The smallest absolute Gasteiger partial charge is 0.307 e. The lowest BCUT2D eigenvalue weighted by molar-refractivity contribution is -0.151. The van der Waals surface area contributed by atoms with Crippen LogP contribution < -0.4 is 19.3 Å². The monoisotopic (exact) mass is 1110 g/mol. The average Bonchev–Trinajstić information content (AvgIpc) is 3.39. The van der Waals surface area contributed by atoms with Crippen LogP contribution in [0.2, 0.25) is 0 Å². The van der Waals surface area contributed by atoms with E-state index in [1.165, 1.54) is 45.1 Å². The van der Waals surface area contributed by atoms with Crippen molar-refractivity contribution in [2.24, 2.45) is 5.92 Å². The SMILES string of the molecule is C=CCC(CC(=O)OCCSc1c(F)c(F)c(S(=O)(=O)NS(=O)(=O)c2ccccc2C2=c3cc/c(=C\c4c(C(C)C)cccc4C(C)C)cc3Oc3cc(Cc4c(C(C)C)cccc4C(C)C)ccc32)c(F)c1F)C(=O)O. The number of sulfonamides is 2. The van der Waals surface area contributed by atoms with Crippen molar-refractivity contribution < 1.29 is 58.6 Å². The van der Waals surface area contributed by atoms with Gasteiger partial charge in [0.1, 0.15) is 18.1 Å². The molecule has 1 unspecified atom stereocenters. The van der Waals surface area contributed by atoms with E-state index in [4.69, 9.17) is 9.47 Å². The number of esters is 1. The summed E-state index contributed by atoms with van der Waals surface area (Å²) in [6, 6.07) is 29.0. The van der Waals surface area contributed by atoms with Gasteiger partial charge in [0.2, 0.25) is 0 Å². The van der Waals surface area contributed by atoms with Crippen LogP contribution in [0.1, 0.15) is 142 Å². The Labute approximate surface area is 452 Å². The molecular formula is C60H61F4NO9S3. The number of hydrogen-bond donors (Lipinski definition) is 2. The third-order valence-electron chi connectivity index (χ3n) is 13.3. The summed E-state index contributed by atoms with van der Waals surface area (Å²) in [5.74, 6) is -11.5. The summed E-state index contributed by atoms with van der Waals surface area (Å²) < 4.78 is 133. The molecule has 17 heteroatoms. The molecule has 10 nitrogen and oxygen atoms in total. The second-order valence-corrected chi connectivity index (χ2v) is 24.7. The first-order valence-electron chi connectivity index (χ1n) is 25.1. The van der Waals surface area contributed by atoms with Crippen LogP contribution in [0.25, 0.3) is 11.6 Å². The Balaban J connectivity index is 1.31. The van der Waals surface area contributed by atoms with E-state index < -0.39 is 94.6 Å². The average molecular weight is 1110 g/mol. The second-order valence-electron chi connectivity index (χ2n) is 20.1. The molecular weight excluding hydrogens is 1050 g/mol. The molecule has 1 aliphatic rings. The number of ether oxygens (including phenoxy) is 2. The normalized spacial score (nSPS) is 13.2. The van der Waals surface area contributed by atoms with Gasteiger partial charge in [-0.05, 0) is 111 Å². The van der Waals surface area contributed by atoms with Gasteiger partial charge in [-0.15, -0.1) is 22.5 Å². The van der Waals surface area contributed by atoms with Gasteiger partial charge in [-0.3, -0.25) is 9.59 Å². The van der Waals surface area contributed by atoms with Crippen LogP contribution in [0.3, 0.4) is 0 Å². The quantitative estimate of drug-likeness (QED) is 0.0178. The van der Waals surface area contributed by atoms with Gasteiger partial charge >= 0.3 is 11.9 Å². The van der Waals surface area contributed by atoms with Gasteiger partial charge in [0.05, 0.1) is 22.1 Å². The van der Waals surface area contributed by atoms with Crippen LogP contribution in [0, 0.1) is 29.2 Å². The molecule has 6 aromatic rings. The summed E-state index contributed by atoms with van der Waals surface area (Å²) in [6.07, 6.45) is 3.32. The summed E-state index contributed by atoms with van der Waals surface area (Å²) in [6.45, 7) is 19.9. The zero-order valence-corrected chi connectivity index (χ0v) is 46.4. The molecule has 0 saturated carbocycles. The highest BCUT2D eigenvalue weighted by molar-refractivity contribution is 8.04. The fourth-order valence-corrected chi connectivity index (χ4v) is 13.6. The number of rotatable bonds is 21. The molecule has 0 radical (unpaired) electrons. The predicted molar refractivity (Wildman–Crippen MR) is 292 cm³/mol. The summed E-state index contributed by atoms with van der Waals surface area (Å²) in [5, 5.41) is 10.5. The molecule has 0 bridgehead atoms. The van der Waals surface area contributed by atoms with Crippen molar-refractivity contribution in [3.05, 3.63) is 193 Å². The maximum Gasteiger partial charge on any atom is 0.307 e. The van der Waals surface area contributed by atoms with Crippen LogP contribution in [-0.4, -0.2) is 46.2 Å². The van der Waals surface area contributed by atoms with E-state index in [9.17, 15) is 31.5 Å². The molecule has 0 fully saturated rings. The Morgan fingerprint density at radius 3 is 1.86 bits per heavy atom. The van der Waals surface area contributed by atoms with Gasteiger partial charge in [-0.1, -0.05) is 134 Å². The highest BCUT2D eigenvalue weighted by atomic mass is 32.3. The lowest BCUT2D eigenvalue weighted by Gasteiger charge is -2.24. The van der Waals surface area contributed by atoms with E-state index >= 15 is 17.6 Å². The Morgan fingerprint density at radius 1 is 0.701 bits per heavy atom. The number of carbonyl (C=O) groups excluding carboxylic acids is 1. The zero-order chi connectivity index (χ0) is 56.3. The van der Waals surface area contributed by atoms with E-state index in [0.717, 1.165) is 33.5 Å². The molecule has 1 heterocycles. The minimum Gasteiger partial charge on any atom is -0.481 e. The van der Waals surface area contributed by atoms with Crippen molar-refractivity contribution in [3.8, 4) is 11.5 Å². The summed E-state index contributed by atoms with van der Waals surface area (Å²) >= 11 is 0.136. The van der Waals surface area contributed by atoms with Crippen LogP contribution in [0.4, 0.5) is 17.6 Å². The van der Waals surface area contributed by atoms with Crippen LogP contribution >= 0.6 is 11.8 Å². The number of fused-ring (bicyclic) bond motifs is 2. The molecule has 2 N–H and O–H groups in total. The fourth-order valence-electron chi connectivity index (χ4n) is 9.62. The van der Waals surface area contributed by atoms with E-state index in [2.05, 4.69) is 98.4 Å². The van der Waals surface area contributed by atoms with Gasteiger partial charge in [-0.25, -0.2) is 34.4 Å². The van der Waals surface area contributed by atoms with Crippen LogP contribution in [0.5, 0.6) is 11.5 Å².